The Kier molecular flexibility index (Phi) is 23.1. The van der Waals surface area contributed by atoms with E-state index in [4.69, 9.17) is 0 Å². The molecule has 0 fully saturated rings. The van der Waals surface area contributed by atoms with E-state index in [0.717, 1.165) is 0 Å². The van der Waals surface area contributed by atoms with Gasteiger partial charge in [-0.1, -0.05) is 156 Å². The zero-order valence-electron chi connectivity index (χ0n) is 24.7. The van der Waals surface area contributed by atoms with Gasteiger partial charge in [0.1, 0.15) is 6.17 Å². The van der Waals surface area contributed by atoms with Crippen molar-refractivity contribution >= 4 is 0 Å². The van der Waals surface area contributed by atoms with Crippen molar-refractivity contribution in [2.75, 3.05) is 13.1 Å². The molecule has 0 radical (unpaired) electrons. The van der Waals surface area contributed by atoms with Crippen LogP contribution in [0.5, 0.6) is 0 Å². The van der Waals surface area contributed by atoms with Crippen LogP contribution in [0.25, 0.3) is 0 Å². The smallest absolute Gasteiger partial charge is 0.101 e. The maximum absolute atomic E-state index is 2.68. The first-order valence-electron chi connectivity index (χ1n) is 16.5. The number of unbranched alkanes of at least 4 members (excludes halogenated alkanes) is 21. The summed E-state index contributed by atoms with van der Waals surface area (Å²) in [4.78, 5) is 5.32. The van der Waals surface area contributed by atoms with Crippen molar-refractivity contribution in [3.05, 3.63) is 12.4 Å². The van der Waals surface area contributed by atoms with Crippen LogP contribution >= 0.6 is 0 Å². The number of hydrogen-bond donors (Lipinski definition) is 0. The molecule has 0 aromatic rings. The molecule has 0 aromatic heterocycles. The van der Waals surface area contributed by atoms with Gasteiger partial charge < -0.3 is 9.80 Å². The lowest BCUT2D eigenvalue weighted by Crippen LogP contribution is -2.39. The molecule has 35 heavy (non-hydrogen) atoms. The lowest BCUT2D eigenvalue weighted by molar-refractivity contribution is 0.136. The highest BCUT2D eigenvalue weighted by molar-refractivity contribution is 4.96. The highest BCUT2D eigenvalue weighted by atomic mass is 15.4. The van der Waals surface area contributed by atoms with E-state index in [0.29, 0.717) is 6.17 Å². The highest BCUT2D eigenvalue weighted by Crippen LogP contribution is 2.23. The SMILES string of the molecule is CCCCCCCCCCCCCCCCCN1C=CN(CCCC)C1CCCCCCCCC. The molecule has 0 N–H and O–H groups in total. The Labute approximate surface area is 222 Å². The Morgan fingerprint density at radius 2 is 0.686 bits per heavy atom. The summed E-state index contributed by atoms with van der Waals surface area (Å²) in [6, 6.07) is 0. The Morgan fingerprint density at radius 3 is 1.09 bits per heavy atom. The lowest BCUT2D eigenvalue weighted by Gasteiger charge is -2.33. The van der Waals surface area contributed by atoms with Crippen LogP contribution in [-0.4, -0.2) is 29.1 Å². The minimum atomic E-state index is 0.642. The summed E-state index contributed by atoms with van der Waals surface area (Å²) >= 11 is 0. The van der Waals surface area contributed by atoms with E-state index in [9.17, 15) is 0 Å². The summed E-state index contributed by atoms with van der Waals surface area (Å²) in [5, 5.41) is 0. The van der Waals surface area contributed by atoms with Crippen LogP contribution in [0.15, 0.2) is 12.4 Å². The van der Waals surface area contributed by atoms with Crippen LogP contribution in [0.4, 0.5) is 0 Å². The van der Waals surface area contributed by atoms with Crippen LogP contribution in [0.2, 0.25) is 0 Å². The minimum Gasteiger partial charge on any atom is -0.356 e. The molecule has 0 saturated heterocycles. The summed E-state index contributed by atoms with van der Waals surface area (Å²) in [6.45, 7) is 9.44. The van der Waals surface area contributed by atoms with Gasteiger partial charge in [0.15, 0.2) is 0 Å². The van der Waals surface area contributed by atoms with Crippen molar-refractivity contribution < 1.29 is 0 Å². The van der Waals surface area contributed by atoms with Gasteiger partial charge in [-0.15, -0.1) is 0 Å². The molecule has 2 nitrogen and oxygen atoms in total. The molecule has 1 heterocycles. The summed E-state index contributed by atoms with van der Waals surface area (Å²) in [6.07, 6.45) is 41.1. The normalized spacial score (nSPS) is 15.6. The van der Waals surface area contributed by atoms with Crippen molar-refractivity contribution in [2.45, 2.75) is 187 Å². The zero-order chi connectivity index (χ0) is 25.2. The van der Waals surface area contributed by atoms with E-state index in [1.54, 1.807) is 0 Å². The lowest BCUT2D eigenvalue weighted by atomic mass is 10.0. The van der Waals surface area contributed by atoms with Crippen LogP contribution < -0.4 is 0 Å². The molecule has 208 valence electrons. The second-order valence-corrected chi connectivity index (χ2v) is 11.5. The molecule has 0 bridgehead atoms. The van der Waals surface area contributed by atoms with Crippen molar-refractivity contribution in [3.8, 4) is 0 Å². The largest absolute Gasteiger partial charge is 0.356 e. The second-order valence-electron chi connectivity index (χ2n) is 11.5. The molecule has 1 unspecified atom stereocenters. The van der Waals surface area contributed by atoms with Crippen LogP contribution in [0, 0.1) is 0 Å². The Balaban J connectivity index is 2.04. The average Bonchev–Trinajstić information content (AvgIpc) is 3.25. The molecular formula is C33H66N2. The van der Waals surface area contributed by atoms with Crippen molar-refractivity contribution in [1.29, 1.82) is 0 Å². The average molecular weight is 491 g/mol. The topological polar surface area (TPSA) is 6.48 Å². The third-order valence-electron chi connectivity index (χ3n) is 8.07. The van der Waals surface area contributed by atoms with E-state index >= 15 is 0 Å². The van der Waals surface area contributed by atoms with Crippen LogP contribution in [0.1, 0.15) is 181 Å². The van der Waals surface area contributed by atoms with Crippen LogP contribution in [0.3, 0.4) is 0 Å². The standard InChI is InChI=1S/C33H66N2/c1-4-7-10-12-14-15-16-17-18-19-20-21-23-25-27-30-35-32-31-34(29-9-6-3)33(35)28-26-24-22-13-11-8-5-2/h31-33H,4-30H2,1-3H3. The number of hydrogen-bond acceptors (Lipinski definition) is 2. The molecule has 0 amide bonds. The summed E-state index contributed by atoms with van der Waals surface area (Å²) in [5.41, 5.74) is 0. The van der Waals surface area contributed by atoms with Gasteiger partial charge in [-0.3, -0.25) is 0 Å². The molecule has 1 aliphatic heterocycles. The van der Waals surface area contributed by atoms with Crippen LogP contribution in [-0.2, 0) is 0 Å². The van der Waals surface area contributed by atoms with Gasteiger partial charge >= 0.3 is 0 Å². The van der Waals surface area contributed by atoms with Crippen molar-refractivity contribution in [2.24, 2.45) is 0 Å². The van der Waals surface area contributed by atoms with E-state index in [-0.39, 0.29) is 0 Å². The van der Waals surface area contributed by atoms with Gasteiger partial charge in [0.25, 0.3) is 0 Å². The number of rotatable bonds is 27. The van der Waals surface area contributed by atoms with Gasteiger partial charge in [0.05, 0.1) is 0 Å². The zero-order valence-corrected chi connectivity index (χ0v) is 24.7. The third-order valence-corrected chi connectivity index (χ3v) is 8.07. The fraction of sp³-hybridized carbons (Fsp3) is 0.939. The van der Waals surface area contributed by atoms with E-state index in [1.165, 1.54) is 174 Å². The minimum absolute atomic E-state index is 0.642. The molecular weight excluding hydrogens is 424 g/mol. The fourth-order valence-corrected chi connectivity index (χ4v) is 5.63. The third kappa shape index (κ3) is 18.3. The molecule has 0 aromatic carbocycles. The fourth-order valence-electron chi connectivity index (χ4n) is 5.63. The molecule has 2 heteroatoms. The summed E-state index contributed by atoms with van der Waals surface area (Å²) in [5.74, 6) is 0. The second kappa shape index (κ2) is 25.0. The number of nitrogens with zero attached hydrogens (tertiary/aromatic N) is 2. The summed E-state index contributed by atoms with van der Waals surface area (Å²) < 4.78 is 0. The van der Waals surface area contributed by atoms with Crippen molar-refractivity contribution in [1.82, 2.24) is 9.80 Å². The molecule has 1 aliphatic rings. The molecule has 1 rings (SSSR count). The Morgan fingerprint density at radius 1 is 0.371 bits per heavy atom. The maximum Gasteiger partial charge on any atom is 0.101 e. The summed E-state index contributed by atoms with van der Waals surface area (Å²) in [7, 11) is 0. The first-order chi connectivity index (χ1) is 17.3. The molecule has 0 aliphatic carbocycles. The molecule has 0 spiro atoms. The first-order valence-corrected chi connectivity index (χ1v) is 16.5. The molecule has 0 saturated carbocycles. The van der Waals surface area contributed by atoms with Gasteiger partial charge in [-0.25, -0.2) is 0 Å². The van der Waals surface area contributed by atoms with Gasteiger partial charge in [0, 0.05) is 25.5 Å². The van der Waals surface area contributed by atoms with Gasteiger partial charge in [-0.2, -0.15) is 0 Å². The van der Waals surface area contributed by atoms with E-state index in [1.807, 2.05) is 0 Å². The first kappa shape index (κ1) is 32.4. The highest BCUT2D eigenvalue weighted by Gasteiger charge is 2.24. The molecule has 1 atom stereocenters. The van der Waals surface area contributed by atoms with Crippen molar-refractivity contribution in [3.63, 3.8) is 0 Å². The Bertz CT molecular complexity index is 446. The monoisotopic (exact) mass is 491 g/mol. The maximum atomic E-state index is 2.68. The van der Waals surface area contributed by atoms with E-state index < -0.39 is 0 Å². The predicted molar refractivity (Wildman–Crippen MR) is 159 cm³/mol. The predicted octanol–water partition coefficient (Wildman–Crippen LogP) is 11.2. The quantitative estimate of drug-likeness (QED) is 0.106. The van der Waals surface area contributed by atoms with E-state index in [2.05, 4.69) is 43.0 Å². The van der Waals surface area contributed by atoms with Gasteiger partial charge in [0.2, 0.25) is 0 Å². The van der Waals surface area contributed by atoms with Gasteiger partial charge in [-0.05, 0) is 25.7 Å². The Hall–Kier alpha value is -0.660.